The summed E-state index contributed by atoms with van der Waals surface area (Å²) >= 11 is 3.47. The van der Waals surface area contributed by atoms with Gasteiger partial charge in [0.2, 0.25) is 0 Å². The van der Waals surface area contributed by atoms with Crippen molar-refractivity contribution in [2.24, 2.45) is 0 Å². The number of aliphatic carboxylic acids is 1. The van der Waals surface area contributed by atoms with Crippen LogP contribution >= 0.6 is 15.9 Å². The van der Waals surface area contributed by atoms with Gasteiger partial charge in [0.1, 0.15) is 0 Å². The third kappa shape index (κ3) is 3.22. The standard InChI is InChI=1S/C13H16BrNO2/c14-10-3-1-4-12(9-10)15-8-2-5-11(15)6-7-13(16)17/h1,3-4,9,11H,2,5-8H2,(H,16,17). The fourth-order valence-corrected chi connectivity index (χ4v) is 2.81. The second kappa shape index (κ2) is 5.54. The molecular formula is C13H16BrNO2. The molecule has 92 valence electrons. The monoisotopic (exact) mass is 297 g/mol. The van der Waals surface area contributed by atoms with Gasteiger partial charge in [-0.1, -0.05) is 22.0 Å². The predicted octanol–water partition coefficient (Wildman–Crippen LogP) is 3.28. The zero-order valence-corrected chi connectivity index (χ0v) is 11.2. The molecule has 1 aromatic carbocycles. The normalized spacial score (nSPS) is 19.6. The molecule has 1 N–H and O–H groups in total. The molecule has 0 amide bonds. The van der Waals surface area contributed by atoms with Gasteiger partial charge < -0.3 is 10.0 Å². The van der Waals surface area contributed by atoms with Crippen LogP contribution in [0.5, 0.6) is 0 Å². The van der Waals surface area contributed by atoms with Gasteiger partial charge in [0.15, 0.2) is 0 Å². The largest absolute Gasteiger partial charge is 0.481 e. The van der Waals surface area contributed by atoms with Crippen LogP contribution in [-0.4, -0.2) is 23.7 Å². The minimum Gasteiger partial charge on any atom is -0.481 e. The number of hydrogen-bond acceptors (Lipinski definition) is 2. The summed E-state index contributed by atoms with van der Waals surface area (Å²) in [7, 11) is 0. The van der Waals surface area contributed by atoms with Crippen molar-refractivity contribution >= 4 is 27.6 Å². The average molecular weight is 298 g/mol. The fraction of sp³-hybridized carbons (Fsp3) is 0.462. The average Bonchev–Trinajstić information content (AvgIpc) is 2.74. The fourth-order valence-electron chi connectivity index (χ4n) is 2.42. The van der Waals surface area contributed by atoms with E-state index in [1.165, 1.54) is 5.69 Å². The maximum absolute atomic E-state index is 10.6. The molecule has 1 aliphatic heterocycles. The Morgan fingerprint density at radius 1 is 1.53 bits per heavy atom. The number of carboxylic acid groups (broad SMARTS) is 1. The van der Waals surface area contributed by atoms with Gasteiger partial charge in [-0.3, -0.25) is 4.79 Å². The van der Waals surface area contributed by atoms with E-state index in [0.717, 1.165) is 30.3 Å². The van der Waals surface area contributed by atoms with Gasteiger partial charge >= 0.3 is 5.97 Å². The number of anilines is 1. The van der Waals surface area contributed by atoms with E-state index in [4.69, 9.17) is 5.11 Å². The summed E-state index contributed by atoms with van der Waals surface area (Å²) in [6, 6.07) is 8.58. The zero-order chi connectivity index (χ0) is 12.3. The Morgan fingerprint density at radius 3 is 3.06 bits per heavy atom. The van der Waals surface area contributed by atoms with E-state index in [9.17, 15) is 4.79 Å². The van der Waals surface area contributed by atoms with Crippen molar-refractivity contribution in [3.8, 4) is 0 Å². The van der Waals surface area contributed by atoms with Crippen LogP contribution in [0.4, 0.5) is 5.69 Å². The van der Waals surface area contributed by atoms with E-state index < -0.39 is 5.97 Å². The smallest absolute Gasteiger partial charge is 0.303 e. The first kappa shape index (κ1) is 12.4. The highest BCUT2D eigenvalue weighted by Crippen LogP contribution is 2.29. The lowest BCUT2D eigenvalue weighted by molar-refractivity contribution is -0.137. The Morgan fingerprint density at radius 2 is 2.35 bits per heavy atom. The topological polar surface area (TPSA) is 40.5 Å². The van der Waals surface area contributed by atoms with Gasteiger partial charge in [-0.05, 0) is 37.5 Å². The highest BCUT2D eigenvalue weighted by molar-refractivity contribution is 9.10. The van der Waals surface area contributed by atoms with Crippen molar-refractivity contribution in [1.82, 2.24) is 0 Å². The maximum atomic E-state index is 10.6. The molecule has 1 unspecified atom stereocenters. The number of halogens is 1. The van der Waals surface area contributed by atoms with Gasteiger partial charge in [-0.25, -0.2) is 0 Å². The molecule has 0 bridgehead atoms. The Labute approximate surface area is 110 Å². The summed E-state index contributed by atoms with van der Waals surface area (Å²) in [6.07, 6.45) is 3.24. The Balaban J connectivity index is 2.06. The highest BCUT2D eigenvalue weighted by Gasteiger charge is 2.25. The molecule has 3 nitrogen and oxygen atoms in total. The van der Waals surface area contributed by atoms with E-state index in [0.29, 0.717) is 6.04 Å². The number of benzene rings is 1. The second-order valence-corrected chi connectivity index (χ2v) is 5.32. The number of hydrogen-bond donors (Lipinski definition) is 1. The van der Waals surface area contributed by atoms with E-state index >= 15 is 0 Å². The van der Waals surface area contributed by atoms with Gasteiger partial charge in [-0.15, -0.1) is 0 Å². The Hall–Kier alpha value is -1.03. The first-order valence-electron chi connectivity index (χ1n) is 5.91. The minimum atomic E-state index is -0.703. The van der Waals surface area contributed by atoms with Crippen LogP contribution < -0.4 is 4.90 Å². The lowest BCUT2D eigenvalue weighted by Crippen LogP contribution is -2.29. The van der Waals surface area contributed by atoms with Gasteiger partial charge in [0, 0.05) is 29.2 Å². The van der Waals surface area contributed by atoms with Crippen LogP contribution in [0, 0.1) is 0 Å². The van der Waals surface area contributed by atoms with Gasteiger partial charge in [0.05, 0.1) is 0 Å². The van der Waals surface area contributed by atoms with Gasteiger partial charge in [0.25, 0.3) is 0 Å². The summed E-state index contributed by atoms with van der Waals surface area (Å²) in [5, 5.41) is 8.75. The quantitative estimate of drug-likeness (QED) is 0.927. The zero-order valence-electron chi connectivity index (χ0n) is 9.60. The van der Waals surface area contributed by atoms with Crippen LogP contribution in [0.2, 0.25) is 0 Å². The Bertz CT molecular complexity index is 408. The van der Waals surface area contributed by atoms with Gasteiger partial charge in [-0.2, -0.15) is 0 Å². The van der Waals surface area contributed by atoms with E-state index in [-0.39, 0.29) is 6.42 Å². The third-order valence-corrected chi connectivity index (χ3v) is 3.70. The van der Waals surface area contributed by atoms with Crippen molar-refractivity contribution in [3.63, 3.8) is 0 Å². The highest BCUT2D eigenvalue weighted by atomic mass is 79.9. The molecule has 0 spiro atoms. The summed E-state index contributed by atoms with van der Waals surface area (Å²) in [5.74, 6) is -0.703. The number of carboxylic acids is 1. The maximum Gasteiger partial charge on any atom is 0.303 e. The molecule has 1 aromatic rings. The van der Waals surface area contributed by atoms with E-state index in [1.54, 1.807) is 0 Å². The molecule has 0 aromatic heterocycles. The van der Waals surface area contributed by atoms with Crippen molar-refractivity contribution in [2.45, 2.75) is 31.7 Å². The van der Waals surface area contributed by atoms with Crippen molar-refractivity contribution in [1.29, 1.82) is 0 Å². The molecule has 1 heterocycles. The number of rotatable bonds is 4. The Kier molecular flexibility index (Phi) is 4.05. The second-order valence-electron chi connectivity index (χ2n) is 4.40. The molecule has 17 heavy (non-hydrogen) atoms. The summed E-state index contributed by atoms with van der Waals surface area (Å²) in [5.41, 5.74) is 1.19. The molecule has 0 saturated carbocycles. The number of carbonyl (C=O) groups is 1. The van der Waals surface area contributed by atoms with Crippen LogP contribution in [0.25, 0.3) is 0 Å². The molecule has 0 radical (unpaired) electrons. The summed E-state index contributed by atoms with van der Waals surface area (Å²) in [6.45, 7) is 1.03. The molecule has 4 heteroatoms. The summed E-state index contributed by atoms with van der Waals surface area (Å²) < 4.78 is 1.07. The predicted molar refractivity (Wildman–Crippen MR) is 71.4 cm³/mol. The van der Waals surface area contributed by atoms with E-state index in [1.807, 2.05) is 12.1 Å². The van der Waals surface area contributed by atoms with Crippen molar-refractivity contribution in [3.05, 3.63) is 28.7 Å². The molecular weight excluding hydrogens is 282 g/mol. The molecule has 1 saturated heterocycles. The van der Waals surface area contributed by atoms with Crippen LogP contribution in [0.1, 0.15) is 25.7 Å². The lowest BCUT2D eigenvalue weighted by atomic mass is 10.1. The molecule has 2 rings (SSSR count). The molecule has 1 aliphatic rings. The van der Waals surface area contributed by atoms with Crippen molar-refractivity contribution < 1.29 is 9.90 Å². The van der Waals surface area contributed by atoms with Crippen LogP contribution in [0.15, 0.2) is 28.7 Å². The first-order valence-corrected chi connectivity index (χ1v) is 6.70. The lowest BCUT2D eigenvalue weighted by Gasteiger charge is -2.26. The van der Waals surface area contributed by atoms with E-state index in [2.05, 4.69) is 33.0 Å². The molecule has 0 aliphatic carbocycles. The van der Waals surface area contributed by atoms with Crippen LogP contribution in [-0.2, 0) is 4.79 Å². The van der Waals surface area contributed by atoms with Crippen molar-refractivity contribution in [2.75, 3.05) is 11.4 Å². The first-order chi connectivity index (χ1) is 8.16. The SMILES string of the molecule is O=C(O)CCC1CCCN1c1cccc(Br)c1. The molecule has 1 fully saturated rings. The van der Waals surface area contributed by atoms with Crippen LogP contribution in [0.3, 0.4) is 0 Å². The minimum absolute atomic E-state index is 0.259. The number of nitrogens with zero attached hydrogens (tertiary/aromatic N) is 1. The molecule has 1 atom stereocenters. The summed E-state index contributed by atoms with van der Waals surface area (Å²) in [4.78, 5) is 13.0. The third-order valence-electron chi connectivity index (χ3n) is 3.21.